The number of rotatable bonds is 8. The van der Waals surface area contributed by atoms with Crippen molar-refractivity contribution in [1.82, 2.24) is 19.9 Å². The summed E-state index contributed by atoms with van der Waals surface area (Å²) in [4.78, 5) is 32.4. The van der Waals surface area contributed by atoms with Crippen LogP contribution in [0.3, 0.4) is 0 Å². The molecule has 0 radical (unpaired) electrons. The molecule has 1 amide bonds. The zero-order valence-corrected chi connectivity index (χ0v) is 15.6. The molecule has 0 unspecified atom stereocenters. The second kappa shape index (κ2) is 8.37. The zero-order chi connectivity index (χ0) is 17.7. The summed E-state index contributed by atoms with van der Waals surface area (Å²) in [6, 6.07) is 2.02. The van der Waals surface area contributed by atoms with Gasteiger partial charge in [-0.05, 0) is 32.8 Å². The van der Waals surface area contributed by atoms with Crippen LogP contribution >= 0.6 is 11.8 Å². The lowest BCUT2D eigenvalue weighted by Crippen LogP contribution is -2.33. The van der Waals surface area contributed by atoms with Gasteiger partial charge < -0.3 is 10.3 Å². The number of carbonyl (C=O) groups excluding carboxylic acids is 1. The Morgan fingerprint density at radius 2 is 2.21 bits per heavy atom. The lowest BCUT2D eigenvalue weighted by atomic mass is 10.3. The van der Waals surface area contributed by atoms with Crippen molar-refractivity contribution >= 4 is 28.7 Å². The molecular formula is C17H26N4O2S. The van der Waals surface area contributed by atoms with Gasteiger partial charge in [0.25, 0.3) is 5.56 Å². The van der Waals surface area contributed by atoms with E-state index in [1.807, 2.05) is 26.8 Å². The summed E-state index contributed by atoms with van der Waals surface area (Å²) in [6.07, 6.45) is 2.79. The van der Waals surface area contributed by atoms with E-state index in [1.165, 1.54) is 11.8 Å². The average molecular weight is 350 g/mol. The highest BCUT2D eigenvalue weighted by molar-refractivity contribution is 7.99. The maximum absolute atomic E-state index is 12.7. The van der Waals surface area contributed by atoms with Gasteiger partial charge in [0.2, 0.25) is 5.91 Å². The Bertz CT molecular complexity index is 766. The Balaban J connectivity index is 2.26. The molecule has 7 heteroatoms. The Labute approximate surface area is 146 Å². The van der Waals surface area contributed by atoms with Crippen LogP contribution in [0.2, 0.25) is 0 Å². The Morgan fingerprint density at radius 1 is 1.46 bits per heavy atom. The topological polar surface area (TPSA) is 79.8 Å². The number of unbranched alkanes of at least 4 members (excludes halogenated alkanes) is 1. The molecule has 0 fully saturated rings. The maximum atomic E-state index is 12.7. The average Bonchev–Trinajstić information content (AvgIpc) is 2.92. The molecule has 2 aromatic rings. The Morgan fingerprint density at radius 3 is 2.88 bits per heavy atom. The molecule has 0 spiro atoms. The lowest BCUT2D eigenvalue weighted by Gasteiger charge is -2.13. The van der Waals surface area contributed by atoms with E-state index < -0.39 is 0 Å². The molecule has 24 heavy (non-hydrogen) atoms. The van der Waals surface area contributed by atoms with E-state index in [-0.39, 0.29) is 23.3 Å². The predicted molar refractivity (Wildman–Crippen MR) is 98.6 cm³/mol. The lowest BCUT2D eigenvalue weighted by molar-refractivity contribution is -0.119. The molecule has 0 saturated carbocycles. The first-order valence-corrected chi connectivity index (χ1v) is 9.47. The van der Waals surface area contributed by atoms with Crippen LogP contribution in [0.1, 0.15) is 45.7 Å². The molecule has 0 bridgehead atoms. The number of aromatic amines is 1. The van der Waals surface area contributed by atoms with Crippen LogP contribution in [0.4, 0.5) is 0 Å². The molecule has 0 aliphatic carbocycles. The molecule has 132 valence electrons. The van der Waals surface area contributed by atoms with Crippen LogP contribution < -0.4 is 10.9 Å². The molecule has 0 aliphatic rings. The number of amides is 1. The third kappa shape index (κ3) is 4.41. The molecule has 1 atom stereocenters. The summed E-state index contributed by atoms with van der Waals surface area (Å²) in [5.41, 5.74) is 2.05. The fraction of sp³-hybridized carbons (Fsp3) is 0.588. The van der Waals surface area contributed by atoms with Gasteiger partial charge in [0.15, 0.2) is 5.16 Å². The molecule has 2 aromatic heterocycles. The van der Waals surface area contributed by atoms with Crippen molar-refractivity contribution in [2.45, 2.75) is 64.7 Å². The van der Waals surface area contributed by atoms with Crippen molar-refractivity contribution in [2.75, 3.05) is 5.75 Å². The van der Waals surface area contributed by atoms with Crippen LogP contribution in [-0.4, -0.2) is 32.2 Å². The number of H-pyrrole nitrogens is 1. The molecular weight excluding hydrogens is 324 g/mol. The number of fused-ring (bicyclic) bond motifs is 1. The summed E-state index contributed by atoms with van der Waals surface area (Å²) < 4.78 is 1.68. The molecule has 6 nitrogen and oxygen atoms in total. The highest BCUT2D eigenvalue weighted by atomic mass is 32.2. The molecule has 2 heterocycles. The zero-order valence-electron chi connectivity index (χ0n) is 14.8. The number of nitrogens with zero attached hydrogens (tertiary/aromatic N) is 2. The second-order valence-electron chi connectivity index (χ2n) is 6.08. The van der Waals surface area contributed by atoms with Gasteiger partial charge in [-0.1, -0.05) is 32.0 Å². The third-order valence-electron chi connectivity index (χ3n) is 3.92. The van der Waals surface area contributed by atoms with Crippen LogP contribution in [0.15, 0.2) is 16.0 Å². The first kappa shape index (κ1) is 18.6. The number of hydrogen-bond donors (Lipinski definition) is 2. The molecule has 2 rings (SSSR count). The Kier molecular flexibility index (Phi) is 6.48. The number of thioether (sulfide) groups is 1. The Hall–Kier alpha value is -1.76. The molecule has 0 aromatic carbocycles. The van der Waals surface area contributed by atoms with Crippen molar-refractivity contribution in [3.05, 3.63) is 22.1 Å². The fourth-order valence-electron chi connectivity index (χ4n) is 2.38. The summed E-state index contributed by atoms with van der Waals surface area (Å²) in [5, 5.41) is 3.55. The van der Waals surface area contributed by atoms with Crippen LogP contribution in [0, 0.1) is 6.92 Å². The highest BCUT2D eigenvalue weighted by Gasteiger charge is 2.15. The first-order valence-electron chi connectivity index (χ1n) is 8.48. The van der Waals surface area contributed by atoms with Gasteiger partial charge in [-0.3, -0.25) is 14.2 Å². The largest absolute Gasteiger partial charge is 0.353 e. The van der Waals surface area contributed by atoms with Crippen LogP contribution in [0.25, 0.3) is 11.0 Å². The molecule has 0 aliphatic heterocycles. The van der Waals surface area contributed by atoms with E-state index in [1.54, 1.807) is 4.57 Å². The van der Waals surface area contributed by atoms with Gasteiger partial charge in [0.1, 0.15) is 5.52 Å². The van der Waals surface area contributed by atoms with Gasteiger partial charge in [0, 0.05) is 18.3 Å². The predicted octanol–water partition coefficient (Wildman–Crippen LogP) is 2.84. The van der Waals surface area contributed by atoms with Crippen molar-refractivity contribution in [3.63, 3.8) is 0 Å². The minimum atomic E-state index is -0.0635. The van der Waals surface area contributed by atoms with E-state index in [9.17, 15) is 9.59 Å². The van der Waals surface area contributed by atoms with Crippen LogP contribution in [-0.2, 0) is 11.3 Å². The first-order chi connectivity index (χ1) is 11.5. The number of hydrogen-bond acceptors (Lipinski definition) is 4. The standard InChI is InChI=1S/C17H26N4O2S/c1-5-7-8-21-16(23)15-13(9-12(4)19-15)20-17(21)24-10-14(22)18-11(3)6-2/h9,11,19H,5-8,10H2,1-4H3,(H,18,22)/t11-/m0/s1. The number of aryl methyl sites for hydroxylation is 1. The summed E-state index contributed by atoms with van der Waals surface area (Å²) in [7, 11) is 0. The monoisotopic (exact) mass is 350 g/mol. The van der Waals surface area contributed by atoms with Crippen LogP contribution in [0.5, 0.6) is 0 Å². The summed E-state index contributed by atoms with van der Waals surface area (Å²) >= 11 is 1.32. The normalized spacial score (nSPS) is 12.5. The van der Waals surface area contributed by atoms with Crippen molar-refractivity contribution in [3.8, 4) is 0 Å². The van der Waals surface area contributed by atoms with E-state index >= 15 is 0 Å². The second-order valence-corrected chi connectivity index (χ2v) is 7.03. The van der Waals surface area contributed by atoms with E-state index in [2.05, 4.69) is 22.2 Å². The minimum absolute atomic E-state index is 0.0315. The van der Waals surface area contributed by atoms with E-state index in [4.69, 9.17) is 0 Å². The summed E-state index contributed by atoms with van der Waals surface area (Å²) in [6.45, 7) is 8.62. The van der Waals surface area contributed by atoms with Crippen molar-refractivity contribution in [2.24, 2.45) is 0 Å². The van der Waals surface area contributed by atoms with Gasteiger partial charge in [-0.25, -0.2) is 4.98 Å². The van der Waals surface area contributed by atoms with E-state index in [0.717, 1.165) is 25.0 Å². The number of nitrogens with one attached hydrogen (secondary N) is 2. The van der Waals surface area contributed by atoms with Gasteiger partial charge >= 0.3 is 0 Å². The fourth-order valence-corrected chi connectivity index (χ4v) is 3.22. The highest BCUT2D eigenvalue weighted by Crippen LogP contribution is 2.18. The molecule has 0 saturated heterocycles. The maximum Gasteiger partial charge on any atom is 0.278 e. The van der Waals surface area contributed by atoms with Crippen molar-refractivity contribution in [1.29, 1.82) is 0 Å². The van der Waals surface area contributed by atoms with Crippen molar-refractivity contribution < 1.29 is 4.79 Å². The van der Waals surface area contributed by atoms with Gasteiger partial charge in [-0.2, -0.15) is 0 Å². The number of aromatic nitrogens is 3. The summed E-state index contributed by atoms with van der Waals surface area (Å²) in [5.74, 6) is 0.230. The minimum Gasteiger partial charge on any atom is -0.353 e. The van der Waals surface area contributed by atoms with Gasteiger partial charge in [-0.15, -0.1) is 0 Å². The van der Waals surface area contributed by atoms with E-state index in [0.29, 0.717) is 22.7 Å². The number of carbonyl (C=O) groups is 1. The SMILES string of the molecule is CCCCn1c(SCC(=O)N[C@@H](C)CC)nc2cc(C)[nH]c2c1=O. The van der Waals surface area contributed by atoms with Gasteiger partial charge in [0.05, 0.1) is 11.3 Å². The third-order valence-corrected chi connectivity index (χ3v) is 4.90. The quantitative estimate of drug-likeness (QED) is 0.567. The smallest absolute Gasteiger partial charge is 0.278 e. The molecule has 2 N–H and O–H groups in total.